The molecule has 1 rings (SSSR count). The normalized spacial score (nSPS) is 17.0. The summed E-state index contributed by atoms with van der Waals surface area (Å²) in [4.78, 5) is 12.9. The summed E-state index contributed by atoms with van der Waals surface area (Å²) in [6.07, 6.45) is 3.06. The molecule has 1 saturated carbocycles. The van der Waals surface area contributed by atoms with Gasteiger partial charge in [0.25, 0.3) is 0 Å². The van der Waals surface area contributed by atoms with Crippen LogP contribution in [0.5, 0.6) is 0 Å². The van der Waals surface area contributed by atoms with Crippen LogP contribution < -0.4 is 11.3 Å². The molecule has 0 heterocycles. The van der Waals surface area contributed by atoms with Gasteiger partial charge >= 0.3 is 0 Å². The van der Waals surface area contributed by atoms with Crippen molar-refractivity contribution in [3.63, 3.8) is 0 Å². The highest BCUT2D eigenvalue weighted by Crippen LogP contribution is 2.24. The Bertz CT molecular complexity index is 145. The van der Waals surface area contributed by atoms with E-state index in [0.717, 1.165) is 12.6 Å². The summed E-state index contributed by atoms with van der Waals surface area (Å²) in [7, 11) is 2.04. The van der Waals surface area contributed by atoms with Gasteiger partial charge in [-0.15, -0.1) is 0 Å². The molecular weight excluding hydrogens is 142 g/mol. The molecule has 64 valence electrons. The van der Waals surface area contributed by atoms with Gasteiger partial charge in [-0.2, -0.15) is 0 Å². The summed E-state index contributed by atoms with van der Waals surface area (Å²) in [5.41, 5.74) is 2.11. The summed E-state index contributed by atoms with van der Waals surface area (Å²) >= 11 is 0. The molecule has 0 bridgehead atoms. The second-order valence-corrected chi connectivity index (χ2v) is 3.03. The van der Waals surface area contributed by atoms with Crippen molar-refractivity contribution in [1.82, 2.24) is 10.3 Å². The summed E-state index contributed by atoms with van der Waals surface area (Å²) in [6.45, 7) is 0.813. The number of carbonyl (C=O) groups excluding carboxylic acids is 1. The number of amides is 1. The maximum Gasteiger partial charge on any atom is 0.235 e. The van der Waals surface area contributed by atoms with E-state index in [0.29, 0.717) is 6.42 Å². The van der Waals surface area contributed by atoms with Crippen molar-refractivity contribution < 1.29 is 4.79 Å². The first-order valence-electron chi connectivity index (χ1n) is 3.93. The second kappa shape index (κ2) is 3.69. The van der Waals surface area contributed by atoms with E-state index < -0.39 is 0 Å². The van der Waals surface area contributed by atoms with Crippen LogP contribution in [0.3, 0.4) is 0 Å². The molecule has 4 nitrogen and oxygen atoms in total. The lowest BCUT2D eigenvalue weighted by molar-refractivity contribution is -0.121. The van der Waals surface area contributed by atoms with E-state index in [4.69, 9.17) is 5.84 Å². The van der Waals surface area contributed by atoms with Crippen molar-refractivity contribution in [2.45, 2.75) is 25.3 Å². The molecule has 1 aliphatic carbocycles. The van der Waals surface area contributed by atoms with Gasteiger partial charge in [-0.3, -0.25) is 10.2 Å². The molecule has 3 N–H and O–H groups in total. The van der Waals surface area contributed by atoms with Crippen LogP contribution >= 0.6 is 0 Å². The first-order valence-corrected chi connectivity index (χ1v) is 3.93. The molecule has 0 radical (unpaired) electrons. The average molecular weight is 157 g/mol. The number of rotatable bonds is 4. The summed E-state index contributed by atoms with van der Waals surface area (Å²) < 4.78 is 0. The number of hydrogen-bond donors (Lipinski definition) is 2. The van der Waals surface area contributed by atoms with E-state index in [1.165, 1.54) is 12.8 Å². The lowest BCUT2D eigenvalue weighted by atomic mass is 10.4. The van der Waals surface area contributed by atoms with Crippen molar-refractivity contribution in [3.05, 3.63) is 0 Å². The molecule has 0 aliphatic heterocycles. The minimum absolute atomic E-state index is 0.0856. The van der Waals surface area contributed by atoms with Crippen LogP contribution in [-0.4, -0.2) is 30.4 Å². The third-order valence-electron chi connectivity index (χ3n) is 2.02. The quantitative estimate of drug-likeness (QED) is 0.327. The maximum absolute atomic E-state index is 10.7. The van der Waals surface area contributed by atoms with Gasteiger partial charge in [0.05, 0.1) is 0 Å². The third-order valence-corrected chi connectivity index (χ3v) is 2.02. The standard InChI is InChI=1S/C7H15N3O/c1-10(6-2-3-6)5-4-7(11)9-8/h6H,2-5,8H2,1H3,(H,9,11). The summed E-state index contributed by atoms with van der Waals surface area (Å²) in [5.74, 6) is 4.85. The van der Waals surface area contributed by atoms with Crippen molar-refractivity contribution in [3.8, 4) is 0 Å². The number of nitrogens with one attached hydrogen (secondary N) is 1. The Kier molecular flexibility index (Phi) is 2.84. The van der Waals surface area contributed by atoms with Crippen LogP contribution in [0.2, 0.25) is 0 Å². The molecule has 0 spiro atoms. The van der Waals surface area contributed by atoms with E-state index in [9.17, 15) is 4.79 Å². The maximum atomic E-state index is 10.7. The molecule has 1 fully saturated rings. The minimum Gasteiger partial charge on any atom is -0.303 e. The van der Waals surface area contributed by atoms with Crippen LogP contribution in [0.15, 0.2) is 0 Å². The van der Waals surface area contributed by atoms with Crippen LogP contribution in [0.1, 0.15) is 19.3 Å². The van der Waals surface area contributed by atoms with Gasteiger partial charge in [0.15, 0.2) is 0 Å². The Morgan fingerprint density at radius 3 is 2.82 bits per heavy atom. The first kappa shape index (κ1) is 8.49. The zero-order valence-corrected chi connectivity index (χ0v) is 6.84. The highest BCUT2D eigenvalue weighted by Gasteiger charge is 2.25. The van der Waals surface area contributed by atoms with Crippen LogP contribution in [0, 0.1) is 0 Å². The molecule has 0 aromatic heterocycles. The van der Waals surface area contributed by atoms with Crippen LogP contribution in [0.25, 0.3) is 0 Å². The molecule has 0 aromatic rings. The molecular formula is C7H15N3O. The third kappa shape index (κ3) is 2.86. The Balaban J connectivity index is 2.05. The molecule has 1 amide bonds. The first-order chi connectivity index (χ1) is 5.24. The van der Waals surface area contributed by atoms with Gasteiger partial charge in [-0.25, -0.2) is 5.84 Å². The molecule has 0 unspecified atom stereocenters. The Morgan fingerprint density at radius 2 is 2.36 bits per heavy atom. The molecule has 1 aliphatic rings. The van der Waals surface area contributed by atoms with Gasteiger partial charge in [0.2, 0.25) is 5.91 Å². The predicted molar refractivity (Wildman–Crippen MR) is 42.6 cm³/mol. The highest BCUT2D eigenvalue weighted by atomic mass is 16.2. The Morgan fingerprint density at radius 1 is 1.73 bits per heavy atom. The Hall–Kier alpha value is -0.610. The minimum atomic E-state index is -0.0856. The second-order valence-electron chi connectivity index (χ2n) is 3.03. The molecule has 0 aromatic carbocycles. The SMILES string of the molecule is CN(CCC(=O)NN)C1CC1. The summed E-state index contributed by atoms with van der Waals surface area (Å²) in [5, 5.41) is 0. The van der Waals surface area contributed by atoms with E-state index in [1.807, 2.05) is 7.05 Å². The number of carbonyl (C=O) groups is 1. The van der Waals surface area contributed by atoms with Gasteiger partial charge < -0.3 is 4.90 Å². The number of hydrazine groups is 1. The van der Waals surface area contributed by atoms with Crippen molar-refractivity contribution >= 4 is 5.91 Å². The van der Waals surface area contributed by atoms with E-state index in [1.54, 1.807) is 0 Å². The average Bonchev–Trinajstić information content (AvgIpc) is 2.81. The number of nitrogens with zero attached hydrogens (tertiary/aromatic N) is 1. The molecule has 0 atom stereocenters. The fourth-order valence-electron chi connectivity index (χ4n) is 1.05. The molecule has 0 saturated heterocycles. The van der Waals surface area contributed by atoms with E-state index in [2.05, 4.69) is 10.3 Å². The van der Waals surface area contributed by atoms with E-state index >= 15 is 0 Å². The number of nitrogens with two attached hydrogens (primary N) is 1. The predicted octanol–water partition coefficient (Wildman–Crippen LogP) is -0.539. The summed E-state index contributed by atoms with van der Waals surface area (Å²) in [6, 6.07) is 0.723. The fraction of sp³-hybridized carbons (Fsp3) is 0.857. The zero-order chi connectivity index (χ0) is 8.27. The highest BCUT2D eigenvalue weighted by molar-refractivity contribution is 5.75. The van der Waals surface area contributed by atoms with Gasteiger partial charge in [-0.1, -0.05) is 0 Å². The monoisotopic (exact) mass is 157 g/mol. The van der Waals surface area contributed by atoms with Gasteiger partial charge in [0.1, 0.15) is 0 Å². The van der Waals surface area contributed by atoms with Crippen LogP contribution in [0.4, 0.5) is 0 Å². The zero-order valence-electron chi connectivity index (χ0n) is 6.84. The molecule has 11 heavy (non-hydrogen) atoms. The lowest BCUT2D eigenvalue weighted by Gasteiger charge is -2.13. The van der Waals surface area contributed by atoms with Crippen molar-refractivity contribution in [1.29, 1.82) is 0 Å². The van der Waals surface area contributed by atoms with Crippen molar-refractivity contribution in [2.24, 2.45) is 5.84 Å². The van der Waals surface area contributed by atoms with Crippen molar-refractivity contribution in [2.75, 3.05) is 13.6 Å². The van der Waals surface area contributed by atoms with Gasteiger partial charge in [0, 0.05) is 19.0 Å². The largest absolute Gasteiger partial charge is 0.303 e. The molecule has 4 heteroatoms. The topological polar surface area (TPSA) is 58.4 Å². The van der Waals surface area contributed by atoms with Crippen LogP contribution in [-0.2, 0) is 4.79 Å². The fourth-order valence-corrected chi connectivity index (χ4v) is 1.05. The van der Waals surface area contributed by atoms with Gasteiger partial charge in [-0.05, 0) is 19.9 Å². The Labute approximate surface area is 66.7 Å². The van der Waals surface area contributed by atoms with E-state index in [-0.39, 0.29) is 5.91 Å². The number of hydrogen-bond acceptors (Lipinski definition) is 3. The lowest BCUT2D eigenvalue weighted by Crippen LogP contribution is -2.33. The smallest absolute Gasteiger partial charge is 0.235 e.